The van der Waals surface area contributed by atoms with E-state index in [1.807, 2.05) is 12.1 Å². The number of aliphatic carboxylic acids is 1. The molecule has 4 nitrogen and oxygen atoms in total. The van der Waals surface area contributed by atoms with Gasteiger partial charge in [-0.15, -0.1) is 11.8 Å². The van der Waals surface area contributed by atoms with Crippen LogP contribution in [0.2, 0.25) is 5.02 Å². The molecule has 1 fully saturated rings. The van der Waals surface area contributed by atoms with Crippen LogP contribution >= 0.6 is 23.4 Å². The highest BCUT2D eigenvalue weighted by molar-refractivity contribution is 8.00. The Bertz CT molecular complexity index is 463. The third-order valence-electron chi connectivity index (χ3n) is 2.71. The third-order valence-corrected chi connectivity index (χ3v) is 4.27. The number of nitrogens with one attached hydrogen (secondary N) is 1. The van der Waals surface area contributed by atoms with E-state index < -0.39 is 12.0 Å². The molecule has 1 saturated heterocycles. The van der Waals surface area contributed by atoms with Crippen LogP contribution in [0.5, 0.6) is 0 Å². The minimum Gasteiger partial charge on any atom is -0.480 e. The quantitative estimate of drug-likeness (QED) is 0.885. The van der Waals surface area contributed by atoms with Crippen molar-refractivity contribution < 1.29 is 14.7 Å². The second kappa shape index (κ2) is 5.63. The van der Waals surface area contributed by atoms with Gasteiger partial charge in [0, 0.05) is 10.8 Å². The highest BCUT2D eigenvalue weighted by Gasteiger charge is 2.32. The first-order valence-corrected chi connectivity index (χ1v) is 6.88. The maximum atomic E-state index is 11.8. The molecule has 0 spiro atoms. The Balaban J connectivity index is 1.97. The zero-order valence-corrected chi connectivity index (χ0v) is 11.0. The average Bonchev–Trinajstić information content (AvgIpc) is 2.34. The summed E-state index contributed by atoms with van der Waals surface area (Å²) >= 11 is 7.17. The van der Waals surface area contributed by atoms with E-state index in [9.17, 15) is 9.59 Å². The highest BCUT2D eigenvalue weighted by atomic mass is 35.5. The largest absolute Gasteiger partial charge is 0.480 e. The van der Waals surface area contributed by atoms with Gasteiger partial charge in [-0.05, 0) is 24.1 Å². The van der Waals surface area contributed by atoms with Crippen molar-refractivity contribution in [2.45, 2.75) is 17.7 Å². The van der Waals surface area contributed by atoms with E-state index in [-0.39, 0.29) is 11.2 Å². The van der Waals surface area contributed by atoms with E-state index in [0.29, 0.717) is 17.2 Å². The third kappa shape index (κ3) is 3.17. The number of thioether (sulfide) groups is 1. The Morgan fingerprint density at radius 2 is 2.11 bits per heavy atom. The first-order chi connectivity index (χ1) is 8.56. The number of hydrogen-bond acceptors (Lipinski definition) is 3. The van der Waals surface area contributed by atoms with Crippen molar-refractivity contribution in [3.05, 3.63) is 34.9 Å². The molecule has 2 unspecified atom stereocenters. The Morgan fingerprint density at radius 1 is 1.44 bits per heavy atom. The summed E-state index contributed by atoms with van der Waals surface area (Å²) in [5.41, 5.74) is 1.01. The molecule has 1 aromatic carbocycles. The molecule has 2 atom stereocenters. The van der Waals surface area contributed by atoms with Gasteiger partial charge in [0.25, 0.3) is 0 Å². The zero-order valence-electron chi connectivity index (χ0n) is 9.43. The van der Waals surface area contributed by atoms with Crippen molar-refractivity contribution >= 4 is 35.2 Å². The number of carboxylic acids is 1. The van der Waals surface area contributed by atoms with Crippen molar-refractivity contribution in [2.24, 2.45) is 0 Å². The van der Waals surface area contributed by atoms with E-state index in [2.05, 4.69) is 5.32 Å². The van der Waals surface area contributed by atoms with Crippen LogP contribution in [0.4, 0.5) is 0 Å². The number of benzene rings is 1. The Labute approximate surface area is 114 Å². The SMILES string of the molecule is O=C(O)C1CSC(Cc2ccc(Cl)cc2)C(=O)N1. The number of amides is 1. The summed E-state index contributed by atoms with van der Waals surface area (Å²) in [6.07, 6.45) is 0.583. The first kappa shape index (κ1) is 13.2. The van der Waals surface area contributed by atoms with Crippen LogP contribution in [-0.4, -0.2) is 34.0 Å². The standard InChI is InChI=1S/C12H12ClNO3S/c13-8-3-1-7(2-4-8)5-10-11(15)14-9(6-18-10)12(16)17/h1-4,9-10H,5-6H2,(H,14,15)(H,16,17). The summed E-state index contributed by atoms with van der Waals surface area (Å²) < 4.78 is 0. The van der Waals surface area contributed by atoms with Crippen molar-refractivity contribution in [1.29, 1.82) is 0 Å². The van der Waals surface area contributed by atoms with Gasteiger partial charge in [-0.1, -0.05) is 23.7 Å². The topological polar surface area (TPSA) is 66.4 Å². The molecule has 96 valence electrons. The molecule has 0 aromatic heterocycles. The van der Waals surface area contributed by atoms with Crippen LogP contribution in [0, 0.1) is 0 Å². The van der Waals surface area contributed by atoms with Gasteiger partial charge in [0.1, 0.15) is 6.04 Å². The molecule has 2 N–H and O–H groups in total. The fourth-order valence-electron chi connectivity index (χ4n) is 1.71. The van der Waals surface area contributed by atoms with Crippen LogP contribution < -0.4 is 5.32 Å². The molecule has 1 aliphatic heterocycles. The van der Waals surface area contributed by atoms with Gasteiger partial charge in [-0.3, -0.25) is 4.79 Å². The highest BCUT2D eigenvalue weighted by Crippen LogP contribution is 2.22. The lowest BCUT2D eigenvalue weighted by molar-refractivity contribution is -0.141. The fraction of sp³-hybridized carbons (Fsp3) is 0.333. The molecule has 0 bridgehead atoms. The van der Waals surface area contributed by atoms with Crippen LogP contribution in [0.15, 0.2) is 24.3 Å². The molecule has 18 heavy (non-hydrogen) atoms. The normalized spacial score (nSPS) is 23.5. The minimum atomic E-state index is -0.985. The van der Waals surface area contributed by atoms with E-state index in [1.165, 1.54) is 11.8 Å². The summed E-state index contributed by atoms with van der Waals surface area (Å²) in [5.74, 6) is -0.798. The maximum absolute atomic E-state index is 11.8. The molecule has 0 aliphatic carbocycles. The number of carbonyl (C=O) groups excluding carboxylic acids is 1. The van der Waals surface area contributed by atoms with Crippen LogP contribution in [0.1, 0.15) is 5.56 Å². The lowest BCUT2D eigenvalue weighted by Gasteiger charge is -2.26. The molecule has 1 aliphatic rings. The van der Waals surface area contributed by atoms with Crippen molar-refractivity contribution in [2.75, 3.05) is 5.75 Å². The van der Waals surface area contributed by atoms with E-state index in [4.69, 9.17) is 16.7 Å². The lowest BCUT2D eigenvalue weighted by atomic mass is 10.1. The molecule has 2 rings (SSSR count). The number of hydrogen-bond donors (Lipinski definition) is 2. The Kier molecular flexibility index (Phi) is 4.14. The van der Waals surface area contributed by atoms with Gasteiger partial charge in [-0.2, -0.15) is 0 Å². The van der Waals surface area contributed by atoms with Crippen molar-refractivity contribution in [3.63, 3.8) is 0 Å². The lowest BCUT2D eigenvalue weighted by Crippen LogP contribution is -2.51. The summed E-state index contributed by atoms with van der Waals surface area (Å²) in [5, 5.41) is 11.8. The average molecular weight is 286 g/mol. The van der Waals surface area contributed by atoms with E-state index in [0.717, 1.165) is 5.56 Å². The number of carbonyl (C=O) groups is 2. The van der Waals surface area contributed by atoms with Gasteiger partial charge < -0.3 is 10.4 Å². The minimum absolute atomic E-state index is 0.214. The van der Waals surface area contributed by atoms with E-state index >= 15 is 0 Å². The van der Waals surface area contributed by atoms with Gasteiger partial charge in [-0.25, -0.2) is 4.79 Å². The van der Waals surface area contributed by atoms with E-state index in [1.54, 1.807) is 12.1 Å². The van der Waals surface area contributed by atoms with Gasteiger partial charge >= 0.3 is 5.97 Å². The molecular formula is C12H12ClNO3S. The summed E-state index contributed by atoms with van der Waals surface area (Å²) in [6, 6.07) is 6.54. The van der Waals surface area contributed by atoms with Crippen LogP contribution in [0.3, 0.4) is 0 Å². The number of carboxylic acid groups (broad SMARTS) is 1. The van der Waals surface area contributed by atoms with Gasteiger partial charge in [0.05, 0.1) is 5.25 Å². The second-order valence-corrected chi connectivity index (χ2v) is 5.72. The smallest absolute Gasteiger partial charge is 0.327 e. The number of rotatable bonds is 3. The molecule has 1 amide bonds. The van der Waals surface area contributed by atoms with Crippen molar-refractivity contribution in [1.82, 2.24) is 5.32 Å². The van der Waals surface area contributed by atoms with Crippen molar-refractivity contribution in [3.8, 4) is 0 Å². The zero-order chi connectivity index (χ0) is 13.1. The summed E-state index contributed by atoms with van der Waals surface area (Å²) in [6.45, 7) is 0. The molecule has 1 aromatic rings. The number of halogens is 1. The maximum Gasteiger partial charge on any atom is 0.327 e. The molecule has 0 saturated carbocycles. The predicted octanol–water partition coefficient (Wildman–Crippen LogP) is 1.57. The van der Waals surface area contributed by atoms with Crippen LogP contribution in [-0.2, 0) is 16.0 Å². The molecule has 6 heteroatoms. The van der Waals surface area contributed by atoms with Gasteiger partial charge in [0.2, 0.25) is 5.91 Å². The van der Waals surface area contributed by atoms with Crippen LogP contribution in [0.25, 0.3) is 0 Å². The molecular weight excluding hydrogens is 274 g/mol. The fourth-order valence-corrected chi connectivity index (χ4v) is 3.02. The predicted molar refractivity (Wildman–Crippen MR) is 71.0 cm³/mol. The summed E-state index contributed by atoms with van der Waals surface area (Å²) in [4.78, 5) is 22.5. The molecule has 0 radical (unpaired) electrons. The monoisotopic (exact) mass is 285 g/mol. The Hall–Kier alpha value is -1.20. The first-order valence-electron chi connectivity index (χ1n) is 5.45. The summed E-state index contributed by atoms with van der Waals surface area (Å²) in [7, 11) is 0. The van der Waals surface area contributed by atoms with Gasteiger partial charge in [0.15, 0.2) is 0 Å². The molecule has 1 heterocycles. The second-order valence-electron chi connectivity index (χ2n) is 4.05. The Morgan fingerprint density at radius 3 is 2.67 bits per heavy atom.